The van der Waals surface area contributed by atoms with E-state index >= 15 is 0 Å². The van der Waals surface area contributed by atoms with Crippen LogP contribution in [0, 0.1) is 0 Å². The Morgan fingerprint density at radius 1 is 1.54 bits per heavy atom. The van der Waals surface area contributed by atoms with E-state index in [2.05, 4.69) is 22.8 Å². The van der Waals surface area contributed by atoms with Crippen LogP contribution in [-0.2, 0) is 6.42 Å². The highest BCUT2D eigenvalue weighted by Gasteiger charge is 2.12. The average Bonchev–Trinajstić information content (AvgIpc) is 2.75. The number of thiophene rings is 1. The SMILES string of the molecule is c1csc(CCCC2CCCN2)c1. The minimum atomic E-state index is 0.819. The number of aryl methyl sites for hydroxylation is 1. The Labute approximate surface area is 84.2 Å². The van der Waals surface area contributed by atoms with Gasteiger partial charge in [-0.3, -0.25) is 0 Å². The minimum Gasteiger partial charge on any atom is -0.314 e. The first kappa shape index (κ1) is 9.22. The summed E-state index contributed by atoms with van der Waals surface area (Å²) in [7, 11) is 0. The van der Waals surface area contributed by atoms with E-state index in [1.165, 1.54) is 43.5 Å². The van der Waals surface area contributed by atoms with Gasteiger partial charge >= 0.3 is 0 Å². The second kappa shape index (κ2) is 4.77. The smallest absolute Gasteiger partial charge is 0.00676 e. The van der Waals surface area contributed by atoms with Gasteiger partial charge in [0.05, 0.1) is 0 Å². The molecule has 1 aromatic rings. The van der Waals surface area contributed by atoms with Gasteiger partial charge in [-0.2, -0.15) is 0 Å². The number of rotatable bonds is 4. The Bertz CT molecular complexity index is 224. The molecule has 0 spiro atoms. The van der Waals surface area contributed by atoms with Crippen LogP contribution < -0.4 is 5.32 Å². The third-order valence-corrected chi connectivity index (χ3v) is 3.65. The molecule has 0 bridgehead atoms. The highest BCUT2D eigenvalue weighted by atomic mass is 32.1. The zero-order chi connectivity index (χ0) is 8.93. The van der Waals surface area contributed by atoms with Crippen LogP contribution in [-0.4, -0.2) is 12.6 Å². The predicted octanol–water partition coefficient (Wildman–Crippen LogP) is 2.82. The third-order valence-electron chi connectivity index (χ3n) is 2.72. The van der Waals surface area contributed by atoms with Crippen LogP contribution >= 0.6 is 11.3 Å². The van der Waals surface area contributed by atoms with Gasteiger partial charge in [0.1, 0.15) is 0 Å². The average molecular weight is 195 g/mol. The molecule has 1 aliphatic heterocycles. The molecule has 1 atom stereocenters. The second-order valence-electron chi connectivity index (χ2n) is 3.76. The molecule has 2 rings (SSSR count). The van der Waals surface area contributed by atoms with E-state index in [1.54, 1.807) is 0 Å². The van der Waals surface area contributed by atoms with E-state index in [1.807, 2.05) is 11.3 Å². The molecular formula is C11H17NS. The topological polar surface area (TPSA) is 12.0 Å². The highest BCUT2D eigenvalue weighted by molar-refractivity contribution is 7.09. The molecule has 0 saturated carbocycles. The van der Waals surface area contributed by atoms with Crippen molar-refractivity contribution in [2.45, 2.75) is 38.1 Å². The number of hydrogen-bond acceptors (Lipinski definition) is 2. The molecule has 1 unspecified atom stereocenters. The maximum absolute atomic E-state index is 3.54. The molecule has 2 heteroatoms. The van der Waals surface area contributed by atoms with Gasteiger partial charge in [-0.15, -0.1) is 11.3 Å². The van der Waals surface area contributed by atoms with E-state index in [-0.39, 0.29) is 0 Å². The quantitative estimate of drug-likeness (QED) is 0.779. The largest absolute Gasteiger partial charge is 0.314 e. The number of nitrogens with one attached hydrogen (secondary N) is 1. The van der Waals surface area contributed by atoms with Gasteiger partial charge in [0.25, 0.3) is 0 Å². The molecule has 0 aliphatic carbocycles. The van der Waals surface area contributed by atoms with Crippen LogP contribution in [0.15, 0.2) is 17.5 Å². The van der Waals surface area contributed by atoms with E-state index < -0.39 is 0 Å². The lowest BCUT2D eigenvalue weighted by Crippen LogP contribution is -2.20. The summed E-state index contributed by atoms with van der Waals surface area (Å²) in [5.41, 5.74) is 0. The van der Waals surface area contributed by atoms with Gasteiger partial charge in [0.15, 0.2) is 0 Å². The molecular weight excluding hydrogens is 178 g/mol. The third kappa shape index (κ3) is 2.82. The van der Waals surface area contributed by atoms with Gasteiger partial charge in [0, 0.05) is 10.9 Å². The fourth-order valence-corrected chi connectivity index (χ4v) is 2.73. The normalized spacial score (nSPS) is 22.3. The zero-order valence-electron chi connectivity index (χ0n) is 7.96. The summed E-state index contributed by atoms with van der Waals surface area (Å²) in [6.07, 6.45) is 6.75. The molecule has 13 heavy (non-hydrogen) atoms. The fraction of sp³-hybridized carbons (Fsp3) is 0.636. The van der Waals surface area contributed by atoms with Crippen molar-refractivity contribution in [3.8, 4) is 0 Å². The van der Waals surface area contributed by atoms with Crippen LogP contribution in [0.4, 0.5) is 0 Å². The van der Waals surface area contributed by atoms with Crippen molar-refractivity contribution in [1.82, 2.24) is 5.32 Å². The molecule has 1 fully saturated rings. The lowest BCUT2D eigenvalue weighted by atomic mass is 10.1. The van der Waals surface area contributed by atoms with Crippen LogP contribution in [0.1, 0.15) is 30.6 Å². The second-order valence-corrected chi connectivity index (χ2v) is 4.80. The monoisotopic (exact) mass is 195 g/mol. The Hall–Kier alpha value is -0.340. The highest BCUT2D eigenvalue weighted by Crippen LogP contribution is 2.15. The van der Waals surface area contributed by atoms with Crippen molar-refractivity contribution >= 4 is 11.3 Å². The van der Waals surface area contributed by atoms with Gasteiger partial charge in [-0.25, -0.2) is 0 Å². The lowest BCUT2D eigenvalue weighted by Gasteiger charge is -2.08. The molecule has 72 valence electrons. The van der Waals surface area contributed by atoms with Crippen LogP contribution in [0.3, 0.4) is 0 Å². The molecule has 1 N–H and O–H groups in total. The van der Waals surface area contributed by atoms with Crippen LogP contribution in [0.25, 0.3) is 0 Å². The van der Waals surface area contributed by atoms with Crippen LogP contribution in [0.2, 0.25) is 0 Å². The zero-order valence-corrected chi connectivity index (χ0v) is 8.78. The first-order valence-electron chi connectivity index (χ1n) is 5.21. The molecule has 0 aromatic carbocycles. The van der Waals surface area contributed by atoms with E-state index in [0.717, 1.165) is 6.04 Å². The Morgan fingerprint density at radius 3 is 3.23 bits per heavy atom. The number of hydrogen-bond donors (Lipinski definition) is 1. The van der Waals surface area contributed by atoms with Crippen molar-refractivity contribution in [3.63, 3.8) is 0 Å². The summed E-state index contributed by atoms with van der Waals surface area (Å²) in [5.74, 6) is 0. The molecule has 2 heterocycles. The maximum atomic E-state index is 3.54. The molecule has 1 saturated heterocycles. The molecule has 0 radical (unpaired) electrons. The Balaban J connectivity index is 1.63. The molecule has 1 nitrogen and oxygen atoms in total. The standard InChI is InChI=1S/C11H17NS/c1(4-10-5-2-8-12-10)6-11-7-3-9-13-11/h3,7,9-10,12H,1-2,4-6,8H2. The lowest BCUT2D eigenvalue weighted by molar-refractivity contribution is 0.537. The van der Waals surface area contributed by atoms with Crippen molar-refractivity contribution in [3.05, 3.63) is 22.4 Å². The van der Waals surface area contributed by atoms with Crippen molar-refractivity contribution in [2.24, 2.45) is 0 Å². The first-order chi connectivity index (χ1) is 6.45. The van der Waals surface area contributed by atoms with Crippen LogP contribution in [0.5, 0.6) is 0 Å². The van der Waals surface area contributed by atoms with Crippen molar-refractivity contribution in [1.29, 1.82) is 0 Å². The molecule has 0 amide bonds. The van der Waals surface area contributed by atoms with Gasteiger partial charge in [-0.1, -0.05) is 6.07 Å². The summed E-state index contributed by atoms with van der Waals surface area (Å²) < 4.78 is 0. The maximum Gasteiger partial charge on any atom is 0.00676 e. The van der Waals surface area contributed by atoms with E-state index in [4.69, 9.17) is 0 Å². The van der Waals surface area contributed by atoms with Gasteiger partial charge in [0.2, 0.25) is 0 Å². The predicted molar refractivity (Wildman–Crippen MR) is 58.3 cm³/mol. The first-order valence-corrected chi connectivity index (χ1v) is 6.09. The summed E-state index contributed by atoms with van der Waals surface area (Å²) in [4.78, 5) is 1.54. The van der Waals surface area contributed by atoms with Gasteiger partial charge in [-0.05, 0) is 50.1 Å². The van der Waals surface area contributed by atoms with Crippen molar-refractivity contribution < 1.29 is 0 Å². The fourth-order valence-electron chi connectivity index (χ4n) is 1.98. The van der Waals surface area contributed by atoms with E-state index in [9.17, 15) is 0 Å². The molecule has 1 aromatic heterocycles. The van der Waals surface area contributed by atoms with E-state index in [0.29, 0.717) is 0 Å². The summed E-state index contributed by atoms with van der Waals surface area (Å²) >= 11 is 1.89. The molecule has 1 aliphatic rings. The summed E-state index contributed by atoms with van der Waals surface area (Å²) in [6, 6.07) is 5.21. The summed E-state index contributed by atoms with van der Waals surface area (Å²) in [5, 5.41) is 5.71. The van der Waals surface area contributed by atoms with Crippen molar-refractivity contribution in [2.75, 3.05) is 6.54 Å². The minimum absolute atomic E-state index is 0.819. The Kier molecular flexibility index (Phi) is 3.39. The Morgan fingerprint density at radius 2 is 2.54 bits per heavy atom. The summed E-state index contributed by atoms with van der Waals surface area (Å²) in [6.45, 7) is 1.24. The van der Waals surface area contributed by atoms with Gasteiger partial charge < -0.3 is 5.32 Å².